The predicted molar refractivity (Wildman–Crippen MR) is 182 cm³/mol. The first-order valence-corrected chi connectivity index (χ1v) is 17.6. The number of Topliss-reactive ketones (excluding diaryl/α,β-unsaturated/α-hetero) is 2. The highest BCUT2D eigenvalue weighted by Crippen LogP contribution is 2.71. The van der Waals surface area contributed by atoms with Gasteiger partial charge in [0.1, 0.15) is 23.3 Å². The molecular weight excluding hydrogens is 668 g/mol. The van der Waals surface area contributed by atoms with Crippen LogP contribution in [-0.4, -0.2) is 54.3 Å². The van der Waals surface area contributed by atoms with Gasteiger partial charge in [0, 0.05) is 46.0 Å². The molecule has 4 aliphatic rings. The highest BCUT2D eigenvalue weighted by atomic mass is 16.6. The minimum atomic E-state index is -1.68. The van der Waals surface area contributed by atoms with E-state index in [4.69, 9.17) is 23.4 Å². The number of carbonyl (C=O) groups excluding carboxylic acids is 6. The molecular formula is C41H42O11. The van der Waals surface area contributed by atoms with Crippen LogP contribution in [0.1, 0.15) is 85.8 Å². The van der Waals surface area contributed by atoms with E-state index in [1.54, 1.807) is 75.4 Å². The molecule has 7 rings (SSSR count). The van der Waals surface area contributed by atoms with E-state index in [1.807, 2.05) is 6.92 Å². The molecule has 1 aromatic heterocycles. The van der Waals surface area contributed by atoms with Crippen LogP contribution in [0, 0.1) is 39.9 Å². The molecule has 11 nitrogen and oxygen atoms in total. The van der Waals surface area contributed by atoms with Crippen molar-refractivity contribution < 1.29 is 52.1 Å². The van der Waals surface area contributed by atoms with Gasteiger partial charge >= 0.3 is 23.9 Å². The van der Waals surface area contributed by atoms with Crippen molar-refractivity contribution >= 4 is 35.4 Å². The maximum atomic E-state index is 15.0. The summed E-state index contributed by atoms with van der Waals surface area (Å²) >= 11 is 0. The monoisotopic (exact) mass is 710 g/mol. The Labute approximate surface area is 301 Å². The number of esters is 4. The Kier molecular flexibility index (Phi) is 8.54. The minimum absolute atomic E-state index is 0.147. The van der Waals surface area contributed by atoms with E-state index < -0.39 is 93.2 Å². The molecule has 1 saturated heterocycles. The average Bonchev–Trinajstić information content (AvgIpc) is 3.67. The molecule has 0 spiro atoms. The number of benzene rings is 2. The maximum Gasteiger partial charge on any atom is 0.347 e. The van der Waals surface area contributed by atoms with E-state index in [9.17, 15) is 28.8 Å². The third kappa shape index (κ3) is 5.14. The highest BCUT2D eigenvalue weighted by Gasteiger charge is 2.78. The fraction of sp³-hybridized carbons (Fsp3) is 0.463. The van der Waals surface area contributed by atoms with Crippen molar-refractivity contribution in [2.45, 2.75) is 71.2 Å². The molecule has 4 fully saturated rings. The lowest BCUT2D eigenvalue weighted by atomic mass is 9.36. The molecule has 3 aromatic rings. The Morgan fingerprint density at radius 3 is 2.06 bits per heavy atom. The fourth-order valence-electron chi connectivity index (χ4n) is 10.5. The SMILES string of the molecule is COC(=O)C(OC(=O)c1ccccc1)C1C(C)(C)C(=O)C2CC3(OC(=O)c4ccccc4)C4CC(=O)OC(c5ccoc5)C4(C)CCC3C1(C)C2=O. The van der Waals surface area contributed by atoms with Gasteiger partial charge in [-0.05, 0) is 43.2 Å². The summed E-state index contributed by atoms with van der Waals surface area (Å²) in [6.07, 6.45) is 0.972. The number of ketones is 2. The summed E-state index contributed by atoms with van der Waals surface area (Å²) in [5.41, 5.74) is -4.30. The summed E-state index contributed by atoms with van der Waals surface area (Å²) in [4.78, 5) is 85.0. The number of methoxy groups -OCH3 is 1. The molecule has 2 bridgehead atoms. The molecule has 9 atom stereocenters. The topological polar surface area (TPSA) is 152 Å². The van der Waals surface area contributed by atoms with Crippen LogP contribution < -0.4 is 0 Å². The number of furan rings is 1. The lowest BCUT2D eigenvalue weighted by Gasteiger charge is -2.68. The molecule has 3 aliphatic carbocycles. The number of fused-ring (bicyclic) bond motifs is 6. The normalized spacial score (nSPS) is 33.8. The van der Waals surface area contributed by atoms with Crippen LogP contribution in [0.5, 0.6) is 0 Å². The van der Waals surface area contributed by atoms with E-state index in [-0.39, 0.29) is 30.4 Å². The second-order valence-electron chi connectivity index (χ2n) is 15.7. The van der Waals surface area contributed by atoms with Gasteiger partial charge in [0.2, 0.25) is 6.10 Å². The third-order valence-corrected chi connectivity index (χ3v) is 12.8. The van der Waals surface area contributed by atoms with Gasteiger partial charge < -0.3 is 23.4 Å². The first-order chi connectivity index (χ1) is 24.7. The molecule has 3 saturated carbocycles. The van der Waals surface area contributed by atoms with Crippen LogP contribution in [0.2, 0.25) is 0 Å². The van der Waals surface area contributed by atoms with Crippen molar-refractivity contribution in [2.75, 3.05) is 7.11 Å². The zero-order valence-corrected chi connectivity index (χ0v) is 29.8. The molecule has 9 unspecified atom stereocenters. The minimum Gasteiger partial charge on any atom is -0.472 e. The van der Waals surface area contributed by atoms with Gasteiger partial charge in [0.15, 0.2) is 0 Å². The van der Waals surface area contributed by atoms with Gasteiger partial charge in [-0.3, -0.25) is 14.4 Å². The zero-order chi connectivity index (χ0) is 37.2. The summed E-state index contributed by atoms with van der Waals surface area (Å²) < 4.78 is 29.3. The number of carbonyl (C=O) groups is 6. The average molecular weight is 711 g/mol. The van der Waals surface area contributed by atoms with Crippen molar-refractivity contribution in [1.29, 1.82) is 0 Å². The first kappa shape index (κ1) is 35.3. The van der Waals surface area contributed by atoms with Crippen molar-refractivity contribution in [3.8, 4) is 0 Å². The number of cyclic esters (lactones) is 1. The summed E-state index contributed by atoms with van der Waals surface area (Å²) in [5, 5.41) is 0. The summed E-state index contributed by atoms with van der Waals surface area (Å²) in [5.74, 6) is -7.87. The van der Waals surface area contributed by atoms with Crippen LogP contribution in [0.3, 0.4) is 0 Å². The molecule has 2 heterocycles. The van der Waals surface area contributed by atoms with Crippen LogP contribution in [0.4, 0.5) is 0 Å². The Morgan fingerprint density at radius 1 is 0.827 bits per heavy atom. The highest BCUT2D eigenvalue weighted by molar-refractivity contribution is 6.11. The van der Waals surface area contributed by atoms with Gasteiger partial charge in [0.05, 0.1) is 43.1 Å². The molecule has 272 valence electrons. The van der Waals surface area contributed by atoms with Crippen molar-refractivity contribution in [3.05, 3.63) is 95.9 Å². The van der Waals surface area contributed by atoms with Crippen molar-refractivity contribution in [1.82, 2.24) is 0 Å². The number of hydrogen-bond acceptors (Lipinski definition) is 11. The quantitative estimate of drug-likeness (QED) is 0.159. The van der Waals surface area contributed by atoms with E-state index in [0.717, 1.165) is 7.11 Å². The lowest BCUT2D eigenvalue weighted by molar-refractivity contribution is -0.265. The van der Waals surface area contributed by atoms with Crippen LogP contribution in [-0.2, 0) is 38.1 Å². The molecule has 0 radical (unpaired) electrons. The number of rotatable bonds is 7. The largest absolute Gasteiger partial charge is 0.472 e. The number of ether oxygens (including phenoxy) is 4. The van der Waals surface area contributed by atoms with E-state index in [1.165, 1.54) is 24.7 Å². The molecule has 11 heteroatoms. The lowest BCUT2D eigenvalue weighted by Crippen LogP contribution is -2.76. The van der Waals surface area contributed by atoms with Gasteiger partial charge in [0.25, 0.3) is 0 Å². The molecule has 0 N–H and O–H groups in total. The second kappa shape index (κ2) is 12.6. The van der Waals surface area contributed by atoms with Gasteiger partial charge in [-0.25, -0.2) is 14.4 Å². The van der Waals surface area contributed by atoms with E-state index in [0.29, 0.717) is 12.0 Å². The fourth-order valence-corrected chi connectivity index (χ4v) is 10.5. The second-order valence-corrected chi connectivity index (χ2v) is 15.7. The third-order valence-electron chi connectivity index (χ3n) is 12.8. The van der Waals surface area contributed by atoms with Gasteiger partial charge in [-0.1, -0.05) is 64.1 Å². The Bertz CT molecular complexity index is 1920. The Balaban J connectivity index is 1.43. The summed E-state index contributed by atoms with van der Waals surface area (Å²) in [6.45, 7) is 6.99. The van der Waals surface area contributed by atoms with Crippen molar-refractivity contribution in [2.24, 2.45) is 39.9 Å². The smallest absolute Gasteiger partial charge is 0.347 e. The molecule has 0 amide bonds. The molecule has 1 aliphatic heterocycles. The molecule has 52 heavy (non-hydrogen) atoms. The maximum absolute atomic E-state index is 15.0. The zero-order valence-electron chi connectivity index (χ0n) is 29.8. The van der Waals surface area contributed by atoms with Gasteiger partial charge in [-0.2, -0.15) is 0 Å². The Morgan fingerprint density at radius 2 is 1.46 bits per heavy atom. The Hall–Kier alpha value is -5.06. The number of hydrogen-bond donors (Lipinski definition) is 0. The molecule has 2 aromatic carbocycles. The van der Waals surface area contributed by atoms with E-state index in [2.05, 4.69) is 0 Å². The predicted octanol–water partition coefficient (Wildman–Crippen LogP) is 6.11. The van der Waals surface area contributed by atoms with Crippen LogP contribution in [0.15, 0.2) is 83.7 Å². The van der Waals surface area contributed by atoms with E-state index >= 15 is 0 Å². The van der Waals surface area contributed by atoms with Crippen LogP contribution in [0.25, 0.3) is 0 Å². The van der Waals surface area contributed by atoms with Crippen molar-refractivity contribution in [3.63, 3.8) is 0 Å². The standard InChI is InChI=1S/C41H42O11/c1-38(2)31(30(37(47)48-5)51-35(45)23-12-8-6-9-13-23)40(4)27-16-18-39(3)28(20-29(42)50-34(39)25-17-19-49-22-25)41(27,21-26(32(38)43)33(40)44)52-36(46)24-14-10-7-11-15-24/h6-15,17,19,22,26-28,30-31,34H,16,18,20-21H2,1-5H3. The first-order valence-electron chi connectivity index (χ1n) is 17.6. The van der Waals surface area contributed by atoms with Crippen LogP contribution >= 0.6 is 0 Å². The summed E-state index contributed by atoms with van der Waals surface area (Å²) in [7, 11) is 1.15. The van der Waals surface area contributed by atoms with Gasteiger partial charge in [-0.15, -0.1) is 0 Å². The summed E-state index contributed by atoms with van der Waals surface area (Å²) in [6, 6.07) is 18.2.